The summed E-state index contributed by atoms with van der Waals surface area (Å²) in [5.74, 6) is -3.16. The van der Waals surface area contributed by atoms with Crippen LogP contribution in [0.4, 0.5) is 4.39 Å². The second-order valence-corrected chi connectivity index (χ2v) is 8.50. The quantitative estimate of drug-likeness (QED) is 0.124. The SMILES string of the molecule is C=CCN(C)C/C=C/COc1ccc(C(=O)/C=C/C=C(\C)CCC=C(C)C)cc1F.O=C(O)/C=C/C(=O)O. The lowest BCUT2D eigenvalue weighted by Gasteiger charge is -2.10. The summed E-state index contributed by atoms with van der Waals surface area (Å²) in [7, 11) is 1.98. The van der Waals surface area contributed by atoms with Crippen molar-refractivity contribution in [3.63, 3.8) is 0 Å². The molecule has 0 bridgehead atoms. The van der Waals surface area contributed by atoms with Gasteiger partial charge in [0.1, 0.15) is 6.61 Å². The average molecular weight is 528 g/mol. The molecule has 1 rings (SSSR count). The molecule has 0 fully saturated rings. The van der Waals surface area contributed by atoms with Crippen LogP contribution in [0.15, 0.2) is 90.6 Å². The molecule has 0 heterocycles. The van der Waals surface area contributed by atoms with Crippen LogP contribution in [0.5, 0.6) is 5.75 Å². The van der Waals surface area contributed by atoms with Gasteiger partial charge in [0.15, 0.2) is 17.3 Å². The summed E-state index contributed by atoms with van der Waals surface area (Å²) in [5, 5.41) is 15.6. The molecule has 0 amide bonds. The van der Waals surface area contributed by atoms with Gasteiger partial charge in [-0.25, -0.2) is 14.0 Å². The Morgan fingerprint density at radius 3 is 2.24 bits per heavy atom. The maximum atomic E-state index is 14.2. The van der Waals surface area contributed by atoms with E-state index in [9.17, 15) is 18.8 Å². The van der Waals surface area contributed by atoms with E-state index in [0.717, 1.165) is 25.9 Å². The van der Waals surface area contributed by atoms with Gasteiger partial charge in [-0.1, -0.05) is 47.6 Å². The van der Waals surface area contributed by atoms with E-state index in [1.54, 1.807) is 12.1 Å². The first-order chi connectivity index (χ1) is 18.0. The first-order valence-corrected chi connectivity index (χ1v) is 12.0. The van der Waals surface area contributed by atoms with Gasteiger partial charge in [0.05, 0.1) is 0 Å². The van der Waals surface area contributed by atoms with Gasteiger partial charge in [0.2, 0.25) is 0 Å². The van der Waals surface area contributed by atoms with E-state index in [4.69, 9.17) is 14.9 Å². The largest absolute Gasteiger partial charge is 0.486 e. The van der Waals surface area contributed by atoms with E-state index in [1.807, 2.05) is 38.3 Å². The normalized spacial score (nSPS) is 11.5. The summed E-state index contributed by atoms with van der Waals surface area (Å²) >= 11 is 0. The zero-order valence-electron chi connectivity index (χ0n) is 22.5. The Hall–Kier alpha value is -4.04. The molecule has 0 spiro atoms. The molecule has 38 heavy (non-hydrogen) atoms. The first-order valence-electron chi connectivity index (χ1n) is 12.0. The van der Waals surface area contributed by atoms with Crippen LogP contribution in [0.1, 0.15) is 44.0 Å². The monoisotopic (exact) mass is 527 g/mol. The second kappa shape index (κ2) is 20.1. The third-order valence-electron chi connectivity index (χ3n) is 4.66. The predicted molar refractivity (Wildman–Crippen MR) is 149 cm³/mol. The van der Waals surface area contributed by atoms with Gasteiger partial charge in [-0.15, -0.1) is 6.58 Å². The number of nitrogens with zero attached hydrogens (tertiary/aromatic N) is 1. The summed E-state index contributed by atoms with van der Waals surface area (Å²) < 4.78 is 19.7. The van der Waals surface area contributed by atoms with Crippen LogP contribution >= 0.6 is 0 Å². The third-order valence-corrected chi connectivity index (χ3v) is 4.66. The maximum Gasteiger partial charge on any atom is 0.328 e. The number of ketones is 1. The Kier molecular flexibility index (Phi) is 17.9. The molecule has 0 radical (unpaired) electrons. The van der Waals surface area contributed by atoms with Crippen molar-refractivity contribution in [3.8, 4) is 5.75 Å². The average Bonchev–Trinajstić information content (AvgIpc) is 2.83. The number of carboxylic acids is 2. The highest BCUT2D eigenvalue weighted by Gasteiger charge is 2.08. The Labute approximate surface area is 224 Å². The van der Waals surface area contributed by atoms with E-state index >= 15 is 0 Å². The number of likely N-dealkylation sites (N-methyl/N-ethyl adjacent to an activating group) is 1. The minimum absolute atomic E-state index is 0.134. The number of hydrogen-bond donors (Lipinski definition) is 2. The zero-order valence-corrected chi connectivity index (χ0v) is 22.5. The standard InChI is InChI=1S/C26H34FNO2.C4H4O4/c1-6-17-28(5)18-7-8-19-30-26-16-15-23(20-24(26)27)25(29)14-10-13-22(4)12-9-11-21(2)3;5-3(6)1-2-4(7)8/h6-8,10-11,13-16,20H,1,9,12,17-19H2,2-5H3;1-2H,(H,5,6)(H,7,8)/b8-7+,14-10+,22-13+;2-1+. The lowest BCUT2D eigenvalue weighted by Crippen LogP contribution is -2.17. The molecule has 2 N–H and O–H groups in total. The van der Waals surface area contributed by atoms with Crippen LogP contribution in [0.3, 0.4) is 0 Å². The molecule has 0 aromatic heterocycles. The number of carboxylic acid groups (broad SMARTS) is 2. The molecule has 0 unspecified atom stereocenters. The maximum absolute atomic E-state index is 14.2. The number of carbonyl (C=O) groups is 3. The molecule has 0 aliphatic carbocycles. The van der Waals surface area contributed by atoms with E-state index in [-0.39, 0.29) is 18.1 Å². The highest BCUT2D eigenvalue weighted by molar-refractivity contribution is 6.04. The van der Waals surface area contributed by atoms with Crippen molar-refractivity contribution in [2.45, 2.75) is 33.6 Å². The number of aliphatic carboxylic acids is 2. The lowest BCUT2D eigenvalue weighted by atomic mass is 10.1. The molecule has 8 heteroatoms. The van der Waals surface area contributed by atoms with Gasteiger partial charge in [-0.05, 0) is 64.9 Å². The van der Waals surface area contributed by atoms with E-state index in [0.29, 0.717) is 17.7 Å². The van der Waals surface area contributed by atoms with Gasteiger partial charge >= 0.3 is 11.9 Å². The number of carbonyl (C=O) groups excluding carboxylic acids is 1. The summed E-state index contributed by atoms with van der Waals surface area (Å²) in [4.78, 5) is 33.4. The number of ether oxygens (including phenoxy) is 1. The van der Waals surface area contributed by atoms with Crippen molar-refractivity contribution < 1.29 is 33.7 Å². The fourth-order valence-corrected chi connectivity index (χ4v) is 2.74. The molecular weight excluding hydrogens is 489 g/mol. The molecule has 0 atom stereocenters. The Morgan fingerprint density at radius 1 is 1.03 bits per heavy atom. The molecule has 0 aliphatic rings. The second-order valence-electron chi connectivity index (χ2n) is 8.50. The van der Waals surface area contributed by atoms with E-state index < -0.39 is 17.8 Å². The summed E-state index contributed by atoms with van der Waals surface area (Å²) in [5.41, 5.74) is 2.79. The van der Waals surface area contributed by atoms with Crippen molar-refractivity contribution in [1.82, 2.24) is 4.90 Å². The molecule has 1 aromatic carbocycles. The van der Waals surface area contributed by atoms with E-state index in [2.05, 4.69) is 31.4 Å². The Morgan fingerprint density at radius 2 is 1.68 bits per heavy atom. The third kappa shape index (κ3) is 18.3. The number of benzene rings is 1. The Bertz CT molecular complexity index is 1060. The van der Waals surface area contributed by atoms with Gasteiger partial charge < -0.3 is 14.9 Å². The fraction of sp³-hybridized carbons (Fsp3) is 0.300. The van der Waals surface area contributed by atoms with Crippen LogP contribution < -0.4 is 4.74 Å². The number of rotatable bonds is 15. The summed E-state index contributed by atoms with van der Waals surface area (Å²) in [6.07, 6.45) is 16.0. The van der Waals surface area contributed by atoms with Gasteiger partial charge in [-0.3, -0.25) is 9.69 Å². The van der Waals surface area contributed by atoms with Crippen LogP contribution in [0.2, 0.25) is 0 Å². The minimum atomic E-state index is -1.26. The van der Waals surface area contributed by atoms with Crippen molar-refractivity contribution >= 4 is 17.7 Å². The lowest BCUT2D eigenvalue weighted by molar-refractivity contribution is -0.134. The number of hydrogen-bond acceptors (Lipinski definition) is 5. The van der Waals surface area contributed by atoms with Crippen molar-refractivity contribution in [3.05, 3.63) is 102 Å². The summed E-state index contributed by atoms with van der Waals surface area (Å²) in [6.45, 7) is 11.7. The molecule has 0 saturated carbocycles. The highest BCUT2D eigenvalue weighted by atomic mass is 19.1. The van der Waals surface area contributed by atoms with Gasteiger partial charge in [0, 0.05) is 30.8 Å². The molecular formula is C30H38FNO6. The smallest absolute Gasteiger partial charge is 0.328 e. The van der Waals surface area contributed by atoms with E-state index in [1.165, 1.54) is 29.4 Å². The number of halogens is 1. The number of allylic oxidation sites excluding steroid dienone is 6. The molecule has 1 aromatic rings. The van der Waals surface area contributed by atoms with Crippen LogP contribution in [-0.2, 0) is 9.59 Å². The van der Waals surface area contributed by atoms with Gasteiger partial charge in [0.25, 0.3) is 0 Å². The summed E-state index contributed by atoms with van der Waals surface area (Å²) in [6, 6.07) is 4.29. The fourth-order valence-electron chi connectivity index (χ4n) is 2.74. The van der Waals surface area contributed by atoms with Crippen LogP contribution in [-0.4, -0.2) is 59.6 Å². The topological polar surface area (TPSA) is 104 Å². The van der Waals surface area contributed by atoms with Crippen LogP contribution in [0.25, 0.3) is 0 Å². The van der Waals surface area contributed by atoms with Crippen LogP contribution in [0, 0.1) is 5.82 Å². The van der Waals surface area contributed by atoms with Crippen molar-refractivity contribution in [1.29, 1.82) is 0 Å². The predicted octanol–water partition coefficient (Wildman–Crippen LogP) is 6.02. The van der Waals surface area contributed by atoms with Crippen molar-refractivity contribution in [2.24, 2.45) is 0 Å². The van der Waals surface area contributed by atoms with Crippen molar-refractivity contribution in [2.75, 3.05) is 26.7 Å². The minimum Gasteiger partial charge on any atom is -0.486 e. The Balaban J connectivity index is 0.00000147. The first kappa shape index (κ1) is 34.0. The van der Waals surface area contributed by atoms with Gasteiger partial charge in [-0.2, -0.15) is 0 Å². The molecule has 0 saturated heterocycles. The molecule has 206 valence electrons. The zero-order chi connectivity index (χ0) is 28.9. The molecule has 7 nitrogen and oxygen atoms in total. The molecule has 0 aliphatic heterocycles. The highest BCUT2D eigenvalue weighted by Crippen LogP contribution is 2.19.